The largest absolute Gasteiger partial charge is 0.462 e. The van der Waals surface area contributed by atoms with Gasteiger partial charge in [-0.1, -0.05) is 245 Å². The Morgan fingerprint density at radius 2 is 0.549 bits per heavy atom. The number of esters is 3. The third-order valence-electron chi connectivity index (χ3n) is 12.0. The van der Waals surface area contributed by atoms with E-state index in [1.807, 2.05) is 0 Å². The third-order valence-corrected chi connectivity index (χ3v) is 12.0. The molecule has 0 aromatic rings. The first-order chi connectivity index (χ1) is 35.0. The number of carbonyl (C=O) groups is 3. The molecule has 1 atom stereocenters. The summed E-state index contributed by atoms with van der Waals surface area (Å²) in [5.74, 6) is -0.922. The van der Waals surface area contributed by atoms with Crippen LogP contribution in [0, 0.1) is 0 Å². The van der Waals surface area contributed by atoms with Gasteiger partial charge in [0.05, 0.1) is 0 Å². The number of rotatable bonds is 51. The summed E-state index contributed by atoms with van der Waals surface area (Å²) in [6.07, 6.45) is 80.9. The normalized spacial score (nSPS) is 13.0. The second-order valence-corrected chi connectivity index (χ2v) is 18.8. The fourth-order valence-electron chi connectivity index (χ4n) is 7.67. The highest BCUT2D eigenvalue weighted by molar-refractivity contribution is 5.71. The molecule has 1 unspecified atom stereocenters. The summed E-state index contributed by atoms with van der Waals surface area (Å²) in [7, 11) is 0. The summed E-state index contributed by atoms with van der Waals surface area (Å²) in [6, 6.07) is 0. The van der Waals surface area contributed by atoms with Gasteiger partial charge >= 0.3 is 17.9 Å². The van der Waals surface area contributed by atoms with Crippen molar-refractivity contribution in [3.8, 4) is 0 Å². The molecule has 0 aliphatic carbocycles. The SMILES string of the molecule is CC/C=C\C/C=C\C/C=C\C/C=C\C/C=C\C/C=C\CCCCCCCCCCCCC(=O)OCC(COC(=O)CCCCCCC)OC(=O)CCCCCCCC/C=C\C/C=C\C/C=C\C/C=C\CC. The Labute approximate surface area is 437 Å². The minimum absolute atomic E-state index is 0.0877. The van der Waals surface area contributed by atoms with Crippen molar-refractivity contribution >= 4 is 17.9 Å². The van der Waals surface area contributed by atoms with Crippen LogP contribution in [0.3, 0.4) is 0 Å². The minimum Gasteiger partial charge on any atom is -0.462 e. The molecular weight excluding hydrogens is 877 g/mol. The number of ether oxygens (including phenoxy) is 3. The minimum atomic E-state index is -0.787. The van der Waals surface area contributed by atoms with E-state index in [-0.39, 0.29) is 31.1 Å². The molecule has 0 aromatic carbocycles. The Balaban J connectivity index is 4.12. The van der Waals surface area contributed by atoms with Gasteiger partial charge in [0.15, 0.2) is 6.10 Å². The second-order valence-electron chi connectivity index (χ2n) is 18.8. The molecule has 0 saturated heterocycles. The van der Waals surface area contributed by atoms with Crippen molar-refractivity contribution < 1.29 is 28.6 Å². The Bertz CT molecular complexity index is 1500. The van der Waals surface area contributed by atoms with Gasteiger partial charge in [-0.05, 0) is 109 Å². The number of carbonyl (C=O) groups excluding carboxylic acids is 3. The third kappa shape index (κ3) is 56.6. The van der Waals surface area contributed by atoms with E-state index in [1.54, 1.807) is 0 Å². The highest BCUT2D eigenvalue weighted by Crippen LogP contribution is 2.15. The Morgan fingerprint density at radius 1 is 0.296 bits per heavy atom. The lowest BCUT2D eigenvalue weighted by Gasteiger charge is -2.18. The summed E-state index contributed by atoms with van der Waals surface area (Å²) in [5, 5.41) is 0. The van der Waals surface area contributed by atoms with E-state index in [4.69, 9.17) is 14.2 Å². The Kier molecular flexibility index (Phi) is 54.9. The van der Waals surface area contributed by atoms with Gasteiger partial charge in [0, 0.05) is 19.3 Å². The maximum Gasteiger partial charge on any atom is 0.306 e. The lowest BCUT2D eigenvalue weighted by Crippen LogP contribution is -2.30. The fourth-order valence-corrected chi connectivity index (χ4v) is 7.67. The Hall–Kier alpha value is -4.19. The van der Waals surface area contributed by atoms with E-state index in [1.165, 1.54) is 70.6 Å². The molecule has 0 rings (SSSR count). The van der Waals surface area contributed by atoms with Crippen LogP contribution in [-0.2, 0) is 28.6 Å². The lowest BCUT2D eigenvalue weighted by atomic mass is 10.1. The predicted octanol–water partition coefficient (Wildman–Crippen LogP) is 19.6. The molecule has 0 aliphatic heterocycles. The van der Waals surface area contributed by atoms with Crippen LogP contribution in [0.25, 0.3) is 0 Å². The van der Waals surface area contributed by atoms with Crippen LogP contribution in [0.4, 0.5) is 0 Å². The van der Waals surface area contributed by atoms with Gasteiger partial charge in [-0.3, -0.25) is 14.4 Å². The smallest absolute Gasteiger partial charge is 0.306 e. The zero-order valence-corrected chi connectivity index (χ0v) is 45.9. The Morgan fingerprint density at radius 3 is 0.859 bits per heavy atom. The quantitative estimate of drug-likeness (QED) is 0.0261. The molecule has 0 radical (unpaired) electrons. The lowest BCUT2D eigenvalue weighted by molar-refractivity contribution is -0.167. The summed E-state index contributed by atoms with van der Waals surface area (Å²) >= 11 is 0. The van der Waals surface area contributed by atoms with Crippen molar-refractivity contribution in [2.45, 2.75) is 258 Å². The first-order valence-electron chi connectivity index (χ1n) is 29.0. The number of hydrogen-bond donors (Lipinski definition) is 0. The summed E-state index contributed by atoms with van der Waals surface area (Å²) < 4.78 is 16.7. The van der Waals surface area contributed by atoms with Gasteiger partial charge in [-0.15, -0.1) is 0 Å². The summed E-state index contributed by atoms with van der Waals surface area (Å²) in [6.45, 7) is 6.31. The fraction of sp³-hybridized carbons (Fsp3) is 0.646. The first-order valence-corrected chi connectivity index (χ1v) is 29.0. The zero-order chi connectivity index (χ0) is 51.4. The highest BCUT2D eigenvalue weighted by Gasteiger charge is 2.19. The molecule has 0 aliphatic rings. The van der Waals surface area contributed by atoms with Gasteiger partial charge < -0.3 is 14.2 Å². The van der Waals surface area contributed by atoms with Crippen LogP contribution in [-0.4, -0.2) is 37.2 Å². The number of hydrogen-bond acceptors (Lipinski definition) is 6. The van der Waals surface area contributed by atoms with Gasteiger partial charge in [-0.25, -0.2) is 0 Å². The average molecular weight is 984 g/mol. The molecule has 0 N–H and O–H groups in total. The van der Waals surface area contributed by atoms with E-state index < -0.39 is 6.10 Å². The topological polar surface area (TPSA) is 78.9 Å². The molecule has 0 amide bonds. The standard InChI is InChI=1S/C65H106O6/c1-4-7-10-13-15-17-19-21-23-25-27-28-29-30-31-32-33-34-35-36-38-39-41-43-45-47-49-52-55-58-64(67)70-61-62(60-69-63(66)57-54-51-12-9-6-3)71-65(68)59-56-53-50-48-46-44-42-40-37-26-24-22-20-18-16-14-11-8-5-2/h7-8,10-11,15-18,21-24,27-28,30-31,33-34,37,40,62H,4-6,9,12-14,19-20,25-26,29,32,35-36,38-39,41-61H2,1-3H3/b10-7-,11-8-,17-15-,18-16-,23-21-,24-22-,28-27-,31-30-,34-33-,40-37-. The van der Waals surface area contributed by atoms with E-state index in [9.17, 15) is 14.4 Å². The molecule has 0 aromatic heterocycles. The summed E-state index contributed by atoms with van der Waals surface area (Å²) in [4.78, 5) is 37.8. The highest BCUT2D eigenvalue weighted by atomic mass is 16.6. The van der Waals surface area contributed by atoms with Crippen molar-refractivity contribution in [3.63, 3.8) is 0 Å². The van der Waals surface area contributed by atoms with Crippen molar-refractivity contribution in [1.29, 1.82) is 0 Å². The molecule has 402 valence electrons. The van der Waals surface area contributed by atoms with Crippen LogP contribution in [0.2, 0.25) is 0 Å². The molecule has 71 heavy (non-hydrogen) atoms. The van der Waals surface area contributed by atoms with E-state index in [0.717, 1.165) is 141 Å². The maximum absolute atomic E-state index is 12.8. The molecule has 0 saturated carbocycles. The van der Waals surface area contributed by atoms with Crippen LogP contribution in [0.5, 0.6) is 0 Å². The molecule has 0 bridgehead atoms. The molecule has 0 spiro atoms. The summed E-state index contributed by atoms with van der Waals surface area (Å²) in [5.41, 5.74) is 0. The van der Waals surface area contributed by atoms with Gasteiger partial charge in [0.2, 0.25) is 0 Å². The van der Waals surface area contributed by atoms with Gasteiger partial charge in [0.1, 0.15) is 13.2 Å². The first kappa shape index (κ1) is 66.8. The van der Waals surface area contributed by atoms with Crippen molar-refractivity contribution in [3.05, 3.63) is 122 Å². The van der Waals surface area contributed by atoms with Crippen LogP contribution in [0.1, 0.15) is 252 Å². The van der Waals surface area contributed by atoms with Gasteiger partial charge in [-0.2, -0.15) is 0 Å². The van der Waals surface area contributed by atoms with Crippen LogP contribution < -0.4 is 0 Å². The van der Waals surface area contributed by atoms with Crippen molar-refractivity contribution in [2.24, 2.45) is 0 Å². The van der Waals surface area contributed by atoms with Gasteiger partial charge in [0.25, 0.3) is 0 Å². The molecule has 6 nitrogen and oxygen atoms in total. The van der Waals surface area contributed by atoms with Crippen molar-refractivity contribution in [1.82, 2.24) is 0 Å². The van der Waals surface area contributed by atoms with E-state index in [0.29, 0.717) is 19.3 Å². The van der Waals surface area contributed by atoms with Crippen LogP contribution in [0.15, 0.2) is 122 Å². The predicted molar refractivity (Wildman–Crippen MR) is 306 cm³/mol. The van der Waals surface area contributed by atoms with Crippen molar-refractivity contribution in [2.75, 3.05) is 13.2 Å². The molecular formula is C65H106O6. The monoisotopic (exact) mass is 983 g/mol. The van der Waals surface area contributed by atoms with Crippen LogP contribution >= 0.6 is 0 Å². The average Bonchev–Trinajstić information content (AvgIpc) is 3.37. The number of unbranched alkanes of at least 4 members (excludes halogenated alkanes) is 20. The van der Waals surface area contributed by atoms with E-state index in [2.05, 4.69) is 142 Å². The molecule has 0 heterocycles. The number of allylic oxidation sites excluding steroid dienone is 20. The molecule has 6 heteroatoms. The molecule has 0 fully saturated rings. The van der Waals surface area contributed by atoms with E-state index >= 15 is 0 Å². The zero-order valence-electron chi connectivity index (χ0n) is 45.9. The second kappa shape index (κ2) is 58.4. The maximum atomic E-state index is 12.8.